The Morgan fingerprint density at radius 3 is 1.98 bits per heavy atom. The first-order chi connectivity index (χ1) is 21.3. The van der Waals surface area contributed by atoms with Gasteiger partial charge in [0.2, 0.25) is 0 Å². The summed E-state index contributed by atoms with van der Waals surface area (Å²) < 4.78 is 19.4. The van der Waals surface area contributed by atoms with Gasteiger partial charge in [0, 0.05) is 24.0 Å². The number of aromatic nitrogens is 1. The summed E-state index contributed by atoms with van der Waals surface area (Å²) >= 11 is 0. The fraction of sp³-hybridized carbons (Fsp3) is 0.590. The monoisotopic (exact) mass is 629 g/mol. The van der Waals surface area contributed by atoms with Crippen LogP contribution in [0.5, 0.6) is 0 Å². The van der Waals surface area contributed by atoms with E-state index < -0.39 is 13.9 Å². The number of nitrogens with zero attached hydrogens (tertiary/aromatic N) is 1. The molecule has 1 aromatic heterocycles. The average Bonchev–Trinajstić information content (AvgIpc) is 3.69. The maximum absolute atomic E-state index is 13.3. The van der Waals surface area contributed by atoms with E-state index in [9.17, 15) is 4.79 Å². The lowest BCUT2D eigenvalue weighted by Crippen LogP contribution is -2.66. The summed E-state index contributed by atoms with van der Waals surface area (Å²) in [6.45, 7) is 17.8. The predicted molar refractivity (Wildman–Crippen MR) is 185 cm³/mol. The van der Waals surface area contributed by atoms with Gasteiger partial charge in [-0.2, -0.15) is 0 Å². The molecule has 0 bridgehead atoms. The molecule has 5 nitrogen and oxygen atoms in total. The number of hydrogen-bond acceptors (Lipinski definition) is 5. The Labute approximate surface area is 272 Å². The van der Waals surface area contributed by atoms with E-state index in [1.807, 2.05) is 20.8 Å². The summed E-state index contributed by atoms with van der Waals surface area (Å²) in [7, 11) is -2.71. The zero-order chi connectivity index (χ0) is 32.4. The molecule has 244 valence electrons. The minimum absolute atomic E-state index is 0.118. The van der Waals surface area contributed by atoms with Crippen LogP contribution in [0.4, 0.5) is 0 Å². The van der Waals surface area contributed by atoms with Crippen LogP contribution >= 0.6 is 0 Å². The first-order valence-electron chi connectivity index (χ1n) is 17.2. The van der Waals surface area contributed by atoms with Gasteiger partial charge in [0.15, 0.2) is 0 Å². The molecule has 0 aliphatic heterocycles. The summed E-state index contributed by atoms with van der Waals surface area (Å²) in [5.74, 6) is 3.20. The first-order valence-corrected chi connectivity index (χ1v) is 19.2. The molecule has 45 heavy (non-hydrogen) atoms. The topological polar surface area (TPSA) is 61.6 Å². The highest BCUT2D eigenvalue weighted by molar-refractivity contribution is 6.99. The van der Waals surface area contributed by atoms with Gasteiger partial charge < -0.3 is 13.7 Å². The van der Waals surface area contributed by atoms with Crippen LogP contribution in [0, 0.1) is 11.8 Å². The molecule has 0 unspecified atom stereocenters. The molecule has 2 aliphatic rings. The smallest absolute Gasteiger partial charge is 0.306 e. The van der Waals surface area contributed by atoms with Crippen molar-refractivity contribution in [3.05, 3.63) is 77.7 Å². The SMILES string of the molecule is CC(C)CC1CC(c2onc([C@@H](CCO[Si](c3ccccc3)(c3ccccc3)C(C)(C)C)CC(=O)OC(C)(C)C)c2C2CC2)C1. The normalized spacial score (nSPS) is 19.8. The molecular formula is C39H55NO4Si. The quantitative estimate of drug-likeness (QED) is 0.140. The van der Waals surface area contributed by atoms with Gasteiger partial charge in [-0.25, -0.2) is 0 Å². The summed E-state index contributed by atoms with van der Waals surface area (Å²) in [4.78, 5) is 13.3. The minimum atomic E-state index is -2.71. The van der Waals surface area contributed by atoms with Gasteiger partial charge in [0.1, 0.15) is 11.4 Å². The van der Waals surface area contributed by atoms with E-state index in [-0.39, 0.29) is 23.3 Å². The van der Waals surface area contributed by atoms with Crippen LogP contribution in [0.2, 0.25) is 5.04 Å². The molecule has 1 heterocycles. The second-order valence-corrected chi connectivity index (χ2v) is 20.4. The minimum Gasteiger partial charge on any atom is -0.460 e. The average molecular weight is 630 g/mol. The lowest BCUT2D eigenvalue weighted by molar-refractivity contribution is -0.155. The zero-order valence-corrected chi connectivity index (χ0v) is 29.9. The Kier molecular flexibility index (Phi) is 10.1. The highest BCUT2D eigenvalue weighted by Crippen LogP contribution is 2.53. The second-order valence-electron chi connectivity index (χ2n) is 16.1. The number of esters is 1. The fourth-order valence-electron chi connectivity index (χ4n) is 7.54. The standard InChI is InChI=1S/C39H55NO4Si/c1-27(2)23-28-24-31(25-28)37-35(29-19-20-29)36(40-44-37)30(26-34(41)43-38(3,4)5)21-22-42-45(39(6,7)8,32-15-11-9-12-16-32)33-17-13-10-14-18-33/h9-18,27-31H,19-26H2,1-8H3/t28?,30-,31?/m0/s1. The Morgan fingerprint density at radius 1 is 0.911 bits per heavy atom. The van der Waals surface area contributed by atoms with E-state index in [2.05, 4.69) is 95.3 Å². The number of carbonyl (C=O) groups is 1. The van der Waals surface area contributed by atoms with E-state index in [4.69, 9.17) is 18.8 Å². The lowest BCUT2D eigenvalue weighted by Gasteiger charge is -2.43. The van der Waals surface area contributed by atoms with Crippen LogP contribution in [-0.2, 0) is 14.0 Å². The number of carbonyl (C=O) groups excluding carboxylic acids is 1. The molecule has 0 spiro atoms. The summed E-state index contributed by atoms with van der Waals surface area (Å²) in [6, 6.07) is 21.5. The molecule has 2 saturated carbocycles. The number of rotatable bonds is 13. The Morgan fingerprint density at radius 2 is 1.49 bits per heavy atom. The van der Waals surface area contributed by atoms with Gasteiger partial charge in [-0.3, -0.25) is 4.79 Å². The van der Waals surface area contributed by atoms with Crippen molar-refractivity contribution in [1.29, 1.82) is 0 Å². The molecule has 0 radical (unpaired) electrons. The third-order valence-electron chi connectivity index (χ3n) is 9.60. The van der Waals surface area contributed by atoms with Gasteiger partial charge in [-0.05, 0) is 92.5 Å². The summed E-state index contributed by atoms with van der Waals surface area (Å²) in [5.41, 5.74) is 1.72. The van der Waals surface area contributed by atoms with Crippen LogP contribution in [0.15, 0.2) is 65.2 Å². The molecule has 3 aromatic rings. The maximum Gasteiger partial charge on any atom is 0.306 e. The van der Waals surface area contributed by atoms with Gasteiger partial charge in [-0.15, -0.1) is 0 Å². The van der Waals surface area contributed by atoms with E-state index in [0.717, 1.165) is 23.3 Å². The van der Waals surface area contributed by atoms with Crippen molar-refractivity contribution in [2.45, 2.75) is 129 Å². The number of hydrogen-bond donors (Lipinski definition) is 0. The van der Waals surface area contributed by atoms with E-state index in [0.29, 0.717) is 24.9 Å². The lowest BCUT2D eigenvalue weighted by atomic mass is 9.69. The van der Waals surface area contributed by atoms with Gasteiger partial charge in [0.05, 0.1) is 12.1 Å². The highest BCUT2D eigenvalue weighted by Gasteiger charge is 2.50. The van der Waals surface area contributed by atoms with Crippen LogP contribution < -0.4 is 10.4 Å². The molecular weight excluding hydrogens is 575 g/mol. The first kappa shape index (κ1) is 33.7. The Hall–Kier alpha value is -2.70. The molecule has 6 heteroatoms. The fourth-order valence-corrected chi connectivity index (χ4v) is 12.1. The van der Waals surface area contributed by atoms with Crippen LogP contribution in [-0.4, -0.2) is 31.7 Å². The van der Waals surface area contributed by atoms with Crippen molar-refractivity contribution >= 4 is 24.7 Å². The Balaban J connectivity index is 1.45. The van der Waals surface area contributed by atoms with Crippen molar-refractivity contribution in [3.8, 4) is 0 Å². The molecule has 1 atom stereocenters. The molecule has 2 fully saturated rings. The highest BCUT2D eigenvalue weighted by atomic mass is 28.4. The summed E-state index contributed by atoms with van der Waals surface area (Å²) in [5, 5.41) is 7.17. The molecule has 0 saturated heterocycles. The largest absolute Gasteiger partial charge is 0.460 e. The number of ether oxygens (including phenoxy) is 1. The van der Waals surface area contributed by atoms with Crippen molar-refractivity contribution in [3.63, 3.8) is 0 Å². The van der Waals surface area contributed by atoms with Crippen LogP contribution in [0.3, 0.4) is 0 Å². The maximum atomic E-state index is 13.3. The van der Waals surface area contributed by atoms with Crippen molar-refractivity contribution in [2.24, 2.45) is 11.8 Å². The Bertz CT molecular complexity index is 1350. The third-order valence-corrected chi connectivity index (χ3v) is 14.6. The third kappa shape index (κ3) is 7.82. The van der Waals surface area contributed by atoms with E-state index in [1.165, 1.54) is 48.0 Å². The van der Waals surface area contributed by atoms with Crippen LogP contribution in [0.25, 0.3) is 0 Å². The molecule has 0 N–H and O–H groups in total. The van der Waals surface area contributed by atoms with Crippen LogP contribution in [0.1, 0.15) is 135 Å². The van der Waals surface area contributed by atoms with E-state index >= 15 is 0 Å². The van der Waals surface area contributed by atoms with Gasteiger partial charge >= 0.3 is 5.97 Å². The summed E-state index contributed by atoms with van der Waals surface area (Å²) in [6.07, 6.45) is 6.92. The van der Waals surface area contributed by atoms with Crippen molar-refractivity contribution in [1.82, 2.24) is 5.16 Å². The molecule has 2 aliphatic carbocycles. The second kappa shape index (κ2) is 13.6. The number of benzene rings is 2. The molecule has 2 aromatic carbocycles. The van der Waals surface area contributed by atoms with Crippen molar-refractivity contribution < 1.29 is 18.5 Å². The van der Waals surface area contributed by atoms with E-state index in [1.54, 1.807) is 0 Å². The molecule has 0 amide bonds. The van der Waals surface area contributed by atoms with Gasteiger partial charge in [0.25, 0.3) is 8.32 Å². The molecule has 5 rings (SSSR count). The predicted octanol–water partition coefficient (Wildman–Crippen LogP) is 8.87. The zero-order valence-electron chi connectivity index (χ0n) is 28.9. The van der Waals surface area contributed by atoms with Gasteiger partial charge in [-0.1, -0.05) is 100 Å². The van der Waals surface area contributed by atoms with Crippen molar-refractivity contribution in [2.75, 3.05) is 6.61 Å².